The van der Waals surface area contributed by atoms with Crippen LogP contribution in [-0.2, 0) is 6.61 Å². The zero-order valence-electron chi connectivity index (χ0n) is 13.6. The van der Waals surface area contributed by atoms with Crippen molar-refractivity contribution in [1.29, 1.82) is 0 Å². The number of hydrogen-bond acceptors (Lipinski definition) is 3. The van der Waals surface area contributed by atoms with Crippen LogP contribution in [0.15, 0.2) is 48.5 Å². The van der Waals surface area contributed by atoms with Crippen molar-refractivity contribution in [2.45, 2.75) is 26.4 Å². The van der Waals surface area contributed by atoms with Gasteiger partial charge < -0.3 is 4.74 Å². The van der Waals surface area contributed by atoms with Crippen molar-refractivity contribution in [3.63, 3.8) is 0 Å². The van der Waals surface area contributed by atoms with Crippen molar-refractivity contribution in [2.24, 2.45) is 0 Å². The molecule has 1 aliphatic heterocycles. The lowest BCUT2D eigenvalue weighted by molar-refractivity contribution is 0.0940. The highest BCUT2D eigenvalue weighted by Gasteiger charge is 2.19. The maximum absolute atomic E-state index is 12.7. The van der Waals surface area contributed by atoms with Crippen LogP contribution in [-0.4, -0.2) is 30.3 Å². The molecule has 3 heteroatoms. The third-order valence-corrected chi connectivity index (χ3v) is 4.24. The zero-order valence-corrected chi connectivity index (χ0v) is 13.6. The quantitative estimate of drug-likeness (QED) is 0.759. The molecular formula is C20H23NO2. The Morgan fingerprint density at radius 1 is 1.09 bits per heavy atom. The molecule has 2 aromatic rings. The number of aryl methyl sites for hydroxylation is 1. The average molecular weight is 309 g/mol. The predicted octanol–water partition coefficient (Wildman–Crippen LogP) is 3.85. The van der Waals surface area contributed by atoms with Crippen LogP contribution in [0.5, 0.6) is 5.75 Å². The van der Waals surface area contributed by atoms with Crippen molar-refractivity contribution in [3.05, 3.63) is 65.2 Å². The number of nitrogens with zero attached hydrogens (tertiary/aromatic N) is 1. The number of rotatable bonds is 6. The summed E-state index contributed by atoms with van der Waals surface area (Å²) in [4.78, 5) is 14.9. The Morgan fingerprint density at radius 3 is 2.57 bits per heavy atom. The van der Waals surface area contributed by atoms with Gasteiger partial charge in [-0.05, 0) is 50.6 Å². The van der Waals surface area contributed by atoms with Gasteiger partial charge in [0.2, 0.25) is 0 Å². The van der Waals surface area contributed by atoms with Gasteiger partial charge in [-0.25, -0.2) is 0 Å². The molecule has 0 saturated carbocycles. The van der Waals surface area contributed by atoms with Crippen LogP contribution in [0.1, 0.15) is 34.3 Å². The van der Waals surface area contributed by atoms with Gasteiger partial charge >= 0.3 is 0 Å². The van der Waals surface area contributed by atoms with E-state index in [4.69, 9.17) is 4.74 Å². The van der Waals surface area contributed by atoms with E-state index in [0.29, 0.717) is 24.5 Å². The molecule has 3 rings (SSSR count). The fourth-order valence-electron chi connectivity index (χ4n) is 2.95. The maximum atomic E-state index is 12.7. The molecular weight excluding hydrogens is 286 g/mol. The van der Waals surface area contributed by atoms with Crippen LogP contribution < -0.4 is 4.74 Å². The molecule has 3 nitrogen and oxygen atoms in total. The van der Waals surface area contributed by atoms with Crippen LogP contribution >= 0.6 is 0 Å². The van der Waals surface area contributed by atoms with Crippen LogP contribution in [0.4, 0.5) is 0 Å². The molecule has 2 aromatic carbocycles. The van der Waals surface area contributed by atoms with Gasteiger partial charge in [0.1, 0.15) is 12.4 Å². The lowest BCUT2D eigenvalue weighted by atomic mass is 10.1. The summed E-state index contributed by atoms with van der Waals surface area (Å²) in [6.07, 6.45) is 2.39. The molecule has 0 atom stereocenters. The van der Waals surface area contributed by atoms with Crippen LogP contribution in [0.3, 0.4) is 0 Å². The molecule has 0 aliphatic carbocycles. The molecule has 0 N–H and O–H groups in total. The standard InChI is InChI=1S/C20H23NO2/c1-16-9-10-20(23-15-17-7-3-2-4-8-17)18(13-16)19(22)14-21-11-5-6-12-21/h2-4,7-10,13H,5-6,11-12,14-15H2,1H3. The second kappa shape index (κ2) is 7.42. The summed E-state index contributed by atoms with van der Waals surface area (Å²) in [5, 5.41) is 0. The molecule has 0 radical (unpaired) electrons. The number of benzene rings is 2. The first-order valence-electron chi connectivity index (χ1n) is 8.25. The number of carbonyl (C=O) groups is 1. The SMILES string of the molecule is Cc1ccc(OCc2ccccc2)c(C(=O)CN2CCCC2)c1. The number of hydrogen-bond donors (Lipinski definition) is 0. The third-order valence-electron chi connectivity index (χ3n) is 4.24. The van der Waals surface area contributed by atoms with Crippen molar-refractivity contribution in [2.75, 3.05) is 19.6 Å². The van der Waals surface area contributed by atoms with Crippen molar-refractivity contribution in [1.82, 2.24) is 4.90 Å². The average Bonchev–Trinajstić information content (AvgIpc) is 3.07. The van der Waals surface area contributed by atoms with Gasteiger partial charge in [-0.1, -0.05) is 42.0 Å². The molecule has 0 spiro atoms. The highest BCUT2D eigenvalue weighted by Crippen LogP contribution is 2.23. The fourth-order valence-corrected chi connectivity index (χ4v) is 2.95. The van der Waals surface area contributed by atoms with Gasteiger partial charge in [-0.2, -0.15) is 0 Å². The van der Waals surface area contributed by atoms with E-state index in [1.807, 2.05) is 55.5 Å². The first-order valence-corrected chi connectivity index (χ1v) is 8.25. The van der Waals surface area contributed by atoms with Gasteiger partial charge in [0.05, 0.1) is 12.1 Å². The van der Waals surface area contributed by atoms with E-state index in [0.717, 1.165) is 24.2 Å². The lowest BCUT2D eigenvalue weighted by Crippen LogP contribution is -2.27. The molecule has 23 heavy (non-hydrogen) atoms. The monoisotopic (exact) mass is 309 g/mol. The van der Waals surface area contributed by atoms with Crippen molar-refractivity contribution in [3.8, 4) is 5.75 Å². The molecule has 120 valence electrons. The molecule has 1 heterocycles. The summed E-state index contributed by atoms with van der Waals surface area (Å²) in [6.45, 7) is 5.03. The predicted molar refractivity (Wildman–Crippen MR) is 92.0 cm³/mol. The number of likely N-dealkylation sites (tertiary alicyclic amines) is 1. The highest BCUT2D eigenvalue weighted by molar-refractivity contribution is 6.00. The number of Topliss-reactive ketones (excluding diaryl/α,β-unsaturated/α-hetero) is 1. The van der Waals surface area contributed by atoms with E-state index in [1.54, 1.807) is 0 Å². The van der Waals surface area contributed by atoms with Crippen molar-refractivity contribution < 1.29 is 9.53 Å². The second-order valence-corrected chi connectivity index (χ2v) is 6.18. The second-order valence-electron chi connectivity index (χ2n) is 6.18. The summed E-state index contributed by atoms with van der Waals surface area (Å²) in [7, 11) is 0. The Hall–Kier alpha value is -2.13. The van der Waals surface area contributed by atoms with Crippen LogP contribution in [0.2, 0.25) is 0 Å². The minimum atomic E-state index is 0.152. The molecule has 0 bridgehead atoms. The number of carbonyl (C=O) groups excluding carboxylic acids is 1. The van der Waals surface area contributed by atoms with E-state index >= 15 is 0 Å². The van der Waals surface area contributed by atoms with Gasteiger partial charge in [0.15, 0.2) is 5.78 Å². The van der Waals surface area contributed by atoms with E-state index in [-0.39, 0.29) is 5.78 Å². The van der Waals surface area contributed by atoms with Crippen molar-refractivity contribution >= 4 is 5.78 Å². The van der Waals surface area contributed by atoms with E-state index < -0.39 is 0 Å². The smallest absolute Gasteiger partial charge is 0.180 e. The maximum Gasteiger partial charge on any atom is 0.180 e. The Morgan fingerprint density at radius 2 is 1.83 bits per heavy atom. The van der Waals surface area contributed by atoms with E-state index in [1.165, 1.54) is 12.8 Å². The molecule has 0 unspecified atom stereocenters. The molecule has 1 fully saturated rings. The first kappa shape index (κ1) is 15.8. The molecule has 0 amide bonds. The largest absolute Gasteiger partial charge is 0.488 e. The number of ether oxygens (including phenoxy) is 1. The van der Waals surface area contributed by atoms with Gasteiger partial charge in [-0.3, -0.25) is 9.69 Å². The molecule has 1 aliphatic rings. The van der Waals surface area contributed by atoms with Crippen LogP contribution in [0.25, 0.3) is 0 Å². The Bertz CT molecular complexity index is 661. The zero-order chi connectivity index (χ0) is 16.1. The minimum absolute atomic E-state index is 0.152. The first-order chi connectivity index (χ1) is 11.2. The Kier molecular flexibility index (Phi) is 5.09. The minimum Gasteiger partial charge on any atom is -0.488 e. The number of ketones is 1. The van der Waals surface area contributed by atoms with Gasteiger partial charge in [-0.15, -0.1) is 0 Å². The third kappa shape index (κ3) is 4.20. The summed E-state index contributed by atoms with van der Waals surface area (Å²) >= 11 is 0. The molecule has 1 saturated heterocycles. The summed E-state index contributed by atoms with van der Waals surface area (Å²) in [5.74, 6) is 0.835. The Balaban J connectivity index is 1.73. The topological polar surface area (TPSA) is 29.5 Å². The normalized spacial score (nSPS) is 14.8. The van der Waals surface area contributed by atoms with Crippen LogP contribution in [0, 0.1) is 6.92 Å². The van der Waals surface area contributed by atoms with E-state index in [9.17, 15) is 4.79 Å². The summed E-state index contributed by atoms with van der Waals surface area (Å²) < 4.78 is 5.92. The van der Waals surface area contributed by atoms with E-state index in [2.05, 4.69) is 4.90 Å². The molecule has 0 aromatic heterocycles. The highest BCUT2D eigenvalue weighted by atomic mass is 16.5. The lowest BCUT2D eigenvalue weighted by Gasteiger charge is -2.16. The Labute approximate surface area is 137 Å². The summed E-state index contributed by atoms with van der Waals surface area (Å²) in [5.41, 5.74) is 2.89. The van der Waals surface area contributed by atoms with Gasteiger partial charge in [0.25, 0.3) is 0 Å². The fraction of sp³-hybridized carbons (Fsp3) is 0.350. The summed E-state index contributed by atoms with van der Waals surface area (Å²) in [6, 6.07) is 15.9. The van der Waals surface area contributed by atoms with Gasteiger partial charge in [0, 0.05) is 0 Å².